The first-order valence-corrected chi connectivity index (χ1v) is 5.16. The van der Waals surface area contributed by atoms with E-state index < -0.39 is 0 Å². The molecular weight excluding hydrogens is 186 g/mol. The maximum absolute atomic E-state index is 8.56. The molecule has 0 heterocycles. The maximum atomic E-state index is 8.56. The minimum atomic E-state index is -0.0464. The Morgan fingerprint density at radius 3 is 2.60 bits per heavy atom. The van der Waals surface area contributed by atoms with Crippen molar-refractivity contribution < 1.29 is 4.74 Å². The van der Waals surface area contributed by atoms with Crippen LogP contribution in [0.4, 0.5) is 0 Å². The molecule has 0 spiro atoms. The van der Waals surface area contributed by atoms with Crippen LogP contribution in [0.5, 0.6) is 5.75 Å². The molecule has 0 saturated heterocycles. The summed E-state index contributed by atoms with van der Waals surface area (Å²) < 4.78 is 5.72. The summed E-state index contributed by atoms with van der Waals surface area (Å²) in [7, 11) is 0. The normalized spacial score (nSPS) is 11.9. The summed E-state index contributed by atoms with van der Waals surface area (Å²) in [6, 6.07) is 6.27. The first-order chi connectivity index (χ1) is 7.04. The van der Waals surface area contributed by atoms with E-state index in [9.17, 15) is 0 Å². The highest BCUT2D eigenvalue weighted by molar-refractivity contribution is 5.42. The van der Waals surface area contributed by atoms with Crippen molar-refractivity contribution in [3.8, 4) is 11.8 Å². The molecule has 0 aliphatic heterocycles. The molecule has 1 aromatic carbocycles. The van der Waals surface area contributed by atoms with Crippen LogP contribution in [0, 0.1) is 32.1 Å². The van der Waals surface area contributed by atoms with Gasteiger partial charge in [0.1, 0.15) is 11.9 Å². The van der Waals surface area contributed by atoms with Gasteiger partial charge in [-0.2, -0.15) is 5.26 Å². The van der Waals surface area contributed by atoms with Crippen LogP contribution in [-0.2, 0) is 0 Å². The Balaban J connectivity index is 2.90. The molecule has 0 fully saturated rings. The predicted molar refractivity (Wildman–Crippen MR) is 61.0 cm³/mol. The van der Waals surface area contributed by atoms with Gasteiger partial charge in [0, 0.05) is 0 Å². The number of benzene rings is 1. The Morgan fingerprint density at radius 2 is 2.00 bits per heavy atom. The van der Waals surface area contributed by atoms with E-state index in [4.69, 9.17) is 10.00 Å². The third kappa shape index (κ3) is 2.99. The average Bonchev–Trinajstić information content (AvgIpc) is 2.13. The summed E-state index contributed by atoms with van der Waals surface area (Å²) in [6.45, 7) is 8.09. The molecule has 0 saturated carbocycles. The number of rotatable bonds is 3. The lowest BCUT2D eigenvalue weighted by molar-refractivity contribution is 0.225. The molecule has 0 aliphatic rings. The zero-order valence-electron chi connectivity index (χ0n) is 9.79. The Morgan fingerprint density at radius 1 is 1.33 bits per heavy atom. The van der Waals surface area contributed by atoms with E-state index in [1.807, 2.05) is 26.8 Å². The number of hydrogen-bond acceptors (Lipinski definition) is 2. The molecule has 0 N–H and O–H groups in total. The standard InChI is InChI=1S/C13H17NO/c1-9-7-10(2)12(4)13(8-9)15-11(3)5-6-14/h7-8,11H,5H2,1-4H3. The zero-order valence-corrected chi connectivity index (χ0v) is 9.79. The largest absolute Gasteiger partial charge is 0.489 e. The van der Waals surface area contributed by atoms with E-state index in [0.29, 0.717) is 6.42 Å². The Hall–Kier alpha value is -1.49. The third-order valence-corrected chi connectivity index (χ3v) is 2.47. The summed E-state index contributed by atoms with van der Waals surface area (Å²) in [5.41, 5.74) is 3.58. The molecule has 80 valence electrons. The molecule has 0 aliphatic carbocycles. The van der Waals surface area contributed by atoms with Crippen molar-refractivity contribution in [2.75, 3.05) is 0 Å². The van der Waals surface area contributed by atoms with Crippen molar-refractivity contribution in [3.63, 3.8) is 0 Å². The summed E-state index contributed by atoms with van der Waals surface area (Å²) in [4.78, 5) is 0. The van der Waals surface area contributed by atoms with Crippen LogP contribution in [0.1, 0.15) is 30.0 Å². The lowest BCUT2D eigenvalue weighted by Crippen LogP contribution is -2.11. The lowest BCUT2D eigenvalue weighted by Gasteiger charge is -2.16. The zero-order chi connectivity index (χ0) is 11.4. The van der Waals surface area contributed by atoms with Crippen molar-refractivity contribution in [1.29, 1.82) is 5.26 Å². The Kier molecular flexibility index (Phi) is 3.74. The van der Waals surface area contributed by atoms with Crippen LogP contribution < -0.4 is 4.74 Å². The van der Waals surface area contributed by atoms with Gasteiger partial charge in [-0.1, -0.05) is 6.07 Å². The highest BCUT2D eigenvalue weighted by Crippen LogP contribution is 2.24. The van der Waals surface area contributed by atoms with E-state index in [1.54, 1.807) is 0 Å². The molecule has 1 atom stereocenters. The first-order valence-electron chi connectivity index (χ1n) is 5.16. The van der Waals surface area contributed by atoms with Crippen LogP contribution >= 0.6 is 0 Å². The molecule has 15 heavy (non-hydrogen) atoms. The topological polar surface area (TPSA) is 33.0 Å². The SMILES string of the molecule is Cc1cc(C)c(C)c(OC(C)CC#N)c1. The van der Waals surface area contributed by atoms with Gasteiger partial charge in [0.25, 0.3) is 0 Å². The molecule has 0 bridgehead atoms. The fourth-order valence-electron chi connectivity index (χ4n) is 1.51. The van der Waals surface area contributed by atoms with Gasteiger partial charge in [-0.3, -0.25) is 0 Å². The molecule has 2 heteroatoms. The minimum Gasteiger partial charge on any atom is -0.489 e. The molecular formula is C13H17NO. The fraction of sp³-hybridized carbons (Fsp3) is 0.462. The number of hydrogen-bond donors (Lipinski definition) is 0. The van der Waals surface area contributed by atoms with Gasteiger partial charge in [0.2, 0.25) is 0 Å². The molecule has 1 rings (SSSR count). The second-order valence-corrected chi connectivity index (χ2v) is 4.00. The fourth-order valence-corrected chi connectivity index (χ4v) is 1.51. The van der Waals surface area contributed by atoms with Crippen molar-refractivity contribution in [3.05, 3.63) is 28.8 Å². The van der Waals surface area contributed by atoms with Crippen molar-refractivity contribution in [2.24, 2.45) is 0 Å². The Bertz CT molecular complexity index is 390. The third-order valence-electron chi connectivity index (χ3n) is 2.47. The monoisotopic (exact) mass is 203 g/mol. The second-order valence-electron chi connectivity index (χ2n) is 4.00. The lowest BCUT2D eigenvalue weighted by atomic mass is 10.1. The molecule has 1 unspecified atom stereocenters. The van der Waals surface area contributed by atoms with Crippen LogP contribution in [0.3, 0.4) is 0 Å². The van der Waals surface area contributed by atoms with Crippen LogP contribution in [0.15, 0.2) is 12.1 Å². The quantitative estimate of drug-likeness (QED) is 0.755. The van der Waals surface area contributed by atoms with E-state index in [0.717, 1.165) is 11.3 Å². The average molecular weight is 203 g/mol. The summed E-state index contributed by atoms with van der Waals surface area (Å²) in [6.07, 6.45) is 0.377. The van der Waals surface area contributed by atoms with Crippen molar-refractivity contribution in [1.82, 2.24) is 0 Å². The summed E-state index contributed by atoms with van der Waals surface area (Å²) >= 11 is 0. The van der Waals surface area contributed by atoms with Gasteiger partial charge in [-0.25, -0.2) is 0 Å². The maximum Gasteiger partial charge on any atom is 0.123 e. The molecule has 0 aromatic heterocycles. The highest BCUT2D eigenvalue weighted by Gasteiger charge is 2.08. The number of aryl methyl sites for hydroxylation is 2. The van der Waals surface area contributed by atoms with Gasteiger partial charge in [0.05, 0.1) is 12.5 Å². The van der Waals surface area contributed by atoms with Gasteiger partial charge in [-0.15, -0.1) is 0 Å². The van der Waals surface area contributed by atoms with Crippen molar-refractivity contribution in [2.45, 2.75) is 40.2 Å². The van der Waals surface area contributed by atoms with Crippen molar-refractivity contribution >= 4 is 0 Å². The van der Waals surface area contributed by atoms with Gasteiger partial charge >= 0.3 is 0 Å². The van der Waals surface area contributed by atoms with E-state index >= 15 is 0 Å². The second kappa shape index (κ2) is 4.84. The molecule has 2 nitrogen and oxygen atoms in total. The molecule has 1 aromatic rings. The first kappa shape index (κ1) is 11.6. The smallest absolute Gasteiger partial charge is 0.123 e. The van der Waals surface area contributed by atoms with Crippen LogP contribution in [0.25, 0.3) is 0 Å². The number of nitriles is 1. The van der Waals surface area contributed by atoms with Gasteiger partial charge in [-0.05, 0) is 50.5 Å². The van der Waals surface area contributed by atoms with E-state index in [-0.39, 0.29) is 6.10 Å². The van der Waals surface area contributed by atoms with E-state index in [1.165, 1.54) is 11.1 Å². The minimum absolute atomic E-state index is 0.0464. The highest BCUT2D eigenvalue weighted by atomic mass is 16.5. The van der Waals surface area contributed by atoms with Gasteiger partial charge < -0.3 is 4.74 Å². The van der Waals surface area contributed by atoms with Gasteiger partial charge in [0.15, 0.2) is 0 Å². The predicted octanol–water partition coefficient (Wildman–Crippen LogP) is 3.29. The number of nitrogens with zero attached hydrogens (tertiary/aromatic N) is 1. The number of ether oxygens (including phenoxy) is 1. The van der Waals surface area contributed by atoms with Crippen LogP contribution in [-0.4, -0.2) is 6.10 Å². The Labute approximate surface area is 91.5 Å². The molecule has 0 amide bonds. The van der Waals surface area contributed by atoms with Crippen LogP contribution in [0.2, 0.25) is 0 Å². The summed E-state index contributed by atoms with van der Waals surface area (Å²) in [5, 5.41) is 8.56. The summed E-state index contributed by atoms with van der Waals surface area (Å²) in [5.74, 6) is 0.898. The molecule has 0 radical (unpaired) electrons. The van der Waals surface area contributed by atoms with E-state index in [2.05, 4.69) is 19.1 Å².